The second-order valence-electron chi connectivity index (χ2n) is 6.48. The number of aromatic nitrogens is 3. The Balaban J connectivity index is 1.78. The molecule has 0 amide bonds. The Morgan fingerprint density at radius 3 is 2.67 bits per heavy atom. The highest BCUT2D eigenvalue weighted by molar-refractivity contribution is 5.82. The molecule has 0 fully saturated rings. The van der Waals surface area contributed by atoms with Gasteiger partial charge in [0.2, 0.25) is 0 Å². The highest BCUT2D eigenvalue weighted by Gasteiger charge is 2.16. The molecule has 0 aliphatic rings. The van der Waals surface area contributed by atoms with Gasteiger partial charge >= 0.3 is 0 Å². The van der Waals surface area contributed by atoms with E-state index < -0.39 is 0 Å². The van der Waals surface area contributed by atoms with E-state index in [4.69, 9.17) is 0 Å². The molecule has 5 heteroatoms. The monoisotopic (exact) mass is 356 g/mol. The average molecular weight is 356 g/mol. The van der Waals surface area contributed by atoms with Crippen LogP contribution in [0.2, 0.25) is 0 Å². The maximum atomic E-state index is 13.9. The van der Waals surface area contributed by atoms with Crippen molar-refractivity contribution in [2.24, 2.45) is 0 Å². The minimum absolute atomic E-state index is 0.274. The van der Waals surface area contributed by atoms with E-state index in [9.17, 15) is 9.65 Å². The summed E-state index contributed by atoms with van der Waals surface area (Å²) < 4.78 is 15.8. The summed E-state index contributed by atoms with van der Waals surface area (Å²) in [6, 6.07) is 18.2. The van der Waals surface area contributed by atoms with Crippen molar-refractivity contribution < 1.29 is 4.39 Å². The Kier molecular flexibility index (Phi) is 4.17. The zero-order valence-electron chi connectivity index (χ0n) is 15.1. The molecular weight excluding hydrogens is 339 g/mol. The molecule has 0 unspecified atom stereocenters. The molecule has 0 N–H and O–H groups in total. The average Bonchev–Trinajstić information content (AvgIpc) is 2.95. The number of nitriles is 1. The van der Waals surface area contributed by atoms with Crippen molar-refractivity contribution in [3.63, 3.8) is 0 Å². The van der Waals surface area contributed by atoms with Crippen LogP contribution in [0.3, 0.4) is 0 Å². The van der Waals surface area contributed by atoms with E-state index in [1.54, 1.807) is 24.3 Å². The van der Waals surface area contributed by atoms with Gasteiger partial charge in [-0.15, -0.1) is 0 Å². The van der Waals surface area contributed by atoms with E-state index in [1.807, 2.05) is 42.8 Å². The van der Waals surface area contributed by atoms with Crippen LogP contribution in [0, 0.1) is 31.0 Å². The van der Waals surface area contributed by atoms with Crippen molar-refractivity contribution in [2.45, 2.75) is 20.4 Å². The minimum Gasteiger partial charge on any atom is -0.264 e. The lowest BCUT2D eigenvalue weighted by molar-refractivity contribution is 0.639. The maximum absolute atomic E-state index is 13.9. The molecule has 4 rings (SSSR count). The molecule has 0 spiro atoms. The third kappa shape index (κ3) is 2.96. The largest absolute Gasteiger partial charge is 0.264 e. The van der Waals surface area contributed by atoms with Gasteiger partial charge in [-0.25, -0.2) is 9.37 Å². The second kappa shape index (κ2) is 6.65. The number of aryl methyl sites for hydroxylation is 1. The van der Waals surface area contributed by atoms with E-state index in [-0.39, 0.29) is 5.82 Å². The lowest BCUT2D eigenvalue weighted by Crippen LogP contribution is -2.05. The lowest BCUT2D eigenvalue weighted by atomic mass is 10.1. The van der Waals surface area contributed by atoms with Crippen molar-refractivity contribution in [1.29, 1.82) is 5.26 Å². The van der Waals surface area contributed by atoms with Gasteiger partial charge in [-0.1, -0.05) is 24.3 Å². The second-order valence-corrected chi connectivity index (χ2v) is 6.48. The van der Waals surface area contributed by atoms with Crippen LogP contribution in [0.1, 0.15) is 22.5 Å². The zero-order valence-corrected chi connectivity index (χ0v) is 15.1. The third-order valence-corrected chi connectivity index (χ3v) is 4.77. The van der Waals surface area contributed by atoms with Crippen LogP contribution in [0.25, 0.3) is 22.2 Å². The predicted octanol–water partition coefficient (Wildman–Crippen LogP) is 4.77. The number of benzene rings is 2. The number of pyridine rings is 1. The molecule has 0 bridgehead atoms. The molecule has 0 aliphatic carbocycles. The van der Waals surface area contributed by atoms with Crippen LogP contribution in [0.15, 0.2) is 54.6 Å². The predicted molar refractivity (Wildman–Crippen MR) is 103 cm³/mol. The van der Waals surface area contributed by atoms with Gasteiger partial charge in [0.1, 0.15) is 5.82 Å². The molecule has 0 saturated carbocycles. The van der Waals surface area contributed by atoms with Crippen molar-refractivity contribution in [1.82, 2.24) is 14.8 Å². The number of nitrogens with zero attached hydrogens (tertiary/aromatic N) is 4. The van der Waals surface area contributed by atoms with Crippen LogP contribution in [0.5, 0.6) is 0 Å². The molecule has 0 saturated heterocycles. The van der Waals surface area contributed by atoms with E-state index in [0.29, 0.717) is 23.0 Å². The van der Waals surface area contributed by atoms with Crippen LogP contribution in [0.4, 0.5) is 4.39 Å². The highest BCUT2D eigenvalue weighted by Crippen LogP contribution is 2.28. The van der Waals surface area contributed by atoms with Gasteiger partial charge in [-0.2, -0.15) is 10.4 Å². The highest BCUT2D eigenvalue weighted by atomic mass is 19.1. The first-order valence-corrected chi connectivity index (χ1v) is 8.66. The summed E-state index contributed by atoms with van der Waals surface area (Å²) in [6.45, 7) is 4.44. The third-order valence-electron chi connectivity index (χ3n) is 4.77. The number of hydrogen-bond acceptors (Lipinski definition) is 3. The standard InChI is InChI=1S/C22H17FN4/c1-14-22(21-11-10-18-19(23)8-5-9-20(18)25-21)15(2)27(26-14)13-17-7-4-3-6-16(17)12-24/h3-11H,13H2,1-2H3. The van der Waals surface area contributed by atoms with Gasteiger partial charge < -0.3 is 0 Å². The van der Waals surface area contributed by atoms with Gasteiger partial charge in [0.15, 0.2) is 0 Å². The van der Waals surface area contributed by atoms with E-state index in [2.05, 4.69) is 16.2 Å². The normalized spacial score (nSPS) is 10.9. The summed E-state index contributed by atoms with van der Waals surface area (Å²) in [5.41, 5.74) is 5.71. The molecule has 4 nitrogen and oxygen atoms in total. The van der Waals surface area contributed by atoms with Gasteiger partial charge in [0, 0.05) is 16.6 Å². The molecule has 132 valence electrons. The summed E-state index contributed by atoms with van der Waals surface area (Å²) in [5, 5.41) is 14.5. The van der Waals surface area contributed by atoms with E-state index >= 15 is 0 Å². The fourth-order valence-corrected chi connectivity index (χ4v) is 3.41. The topological polar surface area (TPSA) is 54.5 Å². The van der Waals surface area contributed by atoms with Crippen LogP contribution >= 0.6 is 0 Å². The Morgan fingerprint density at radius 1 is 1.04 bits per heavy atom. The number of fused-ring (bicyclic) bond motifs is 1. The molecule has 0 radical (unpaired) electrons. The zero-order chi connectivity index (χ0) is 19.0. The Labute approximate surface area is 156 Å². The lowest BCUT2D eigenvalue weighted by Gasteiger charge is -2.08. The molecule has 2 aromatic heterocycles. The van der Waals surface area contributed by atoms with Gasteiger partial charge in [0.25, 0.3) is 0 Å². The molecule has 2 heterocycles. The molecular formula is C22H17FN4. The Hall–Kier alpha value is -3.52. The molecule has 0 atom stereocenters. The number of rotatable bonds is 3. The summed E-state index contributed by atoms with van der Waals surface area (Å²) >= 11 is 0. The van der Waals surface area contributed by atoms with E-state index in [0.717, 1.165) is 28.2 Å². The van der Waals surface area contributed by atoms with Gasteiger partial charge in [-0.05, 0) is 49.7 Å². The van der Waals surface area contributed by atoms with Crippen LogP contribution < -0.4 is 0 Å². The molecule has 27 heavy (non-hydrogen) atoms. The summed E-state index contributed by atoms with van der Waals surface area (Å²) in [4.78, 5) is 4.64. The van der Waals surface area contributed by atoms with E-state index in [1.165, 1.54) is 6.07 Å². The maximum Gasteiger partial charge on any atom is 0.132 e. The summed E-state index contributed by atoms with van der Waals surface area (Å²) in [6.07, 6.45) is 0. The fraction of sp³-hybridized carbons (Fsp3) is 0.136. The molecule has 4 aromatic rings. The minimum atomic E-state index is -0.274. The van der Waals surface area contributed by atoms with Crippen molar-refractivity contribution in [2.75, 3.05) is 0 Å². The quantitative estimate of drug-likeness (QED) is 0.531. The van der Waals surface area contributed by atoms with Gasteiger partial charge in [0.05, 0.1) is 35.1 Å². The van der Waals surface area contributed by atoms with Crippen molar-refractivity contribution >= 4 is 10.9 Å². The SMILES string of the molecule is Cc1nn(Cc2ccccc2C#N)c(C)c1-c1ccc2c(F)cccc2n1. The van der Waals surface area contributed by atoms with Gasteiger partial charge in [-0.3, -0.25) is 4.68 Å². The smallest absolute Gasteiger partial charge is 0.132 e. The Morgan fingerprint density at radius 2 is 1.85 bits per heavy atom. The van der Waals surface area contributed by atoms with Crippen molar-refractivity contribution in [3.8, 4) is 17.3 Å². The summed E-state index contributed by atoms with van der Waals surface area (Å²) in [7, 11) is 0. The first kappa shape index (κ1) is 16.9. The first-order chi connectivity index (χ1) is 13.1. The molecule has 0 aliphatic heterocycles. The van der Waals surface area contributed by atoms with Crippen molar-refractivity contribution in [3.05, 3.63) is 82.9 Å². The summed E-state index contributed by atoms with van der Waals surface area (Å²) in [5.74, 6) is -0.274. The van der Waals surface area contributed by atoms with Crippen LogP contribution in [-0.4, -0.2) is 14.8 Å². The molecule has 2 aromatic carbocycles. The first-order valence-electron chi connectivity index (χ1n) is 8.66. The Bertz CT molecular complexity index is 1200. The van der Waals surface area contributed by atoms with Crippen LogP contribution in [-0.2, 0) is 6.54 Å². The fourth-order valence-electron chi connectivity index (χ4n) is 3.41. The number of halogens is 1. The number of hydrogen-bond donors (Lipinski definition) is 0.